The molecule has 2 aromatic rings. The van der Waals surface area contributed by atoms with Crippen molar-refractivity contribution >= 4 is 26.8 Å². The molecule has 0 amide bonds. The van der Waals surface area contributed by atoms with Gasteiger partial charge in [-0.3, -0.25) is 13.9 Å². The molecule has 1 heterocycles. The molecule has 2 rings (SSSR count). The Bertz CT molecular complexity index is 716. The summed E-state index contributed by atoms with van der Waals surface area (Å²) in [6, 6.07) is 5.24. The van der Waals surface area contributed by atoms with Crippen molar-refractivity contribution < 1.29 is 5.11 Å². The minimum atomic E-state index is -0.754. The zero-order valence-corrected chi connectivity index (χ0v) is 11.6. The molecule has 0 aliphatic rings. The number of halogens is 1. The van der Waals surface area contributed by atoms with Crippen LogP contribution in [0.25, 0.3) is 10.9 Å². The van der Waals surface area contributed by atoms with E-state index in [0.29, 0.717) is 15.4 Å². The first-order chi connectivity index (χ1) is 8.43. The summed E-state index contributed by atoms with van der Waals surface area (Å²) in [5.74, 6) is 0. The smallest absolute Gasteiger partial charge is 0.331 e. The number of aryl methyl sites for hydroxylation is 1. The molecule has 6 heteroatoms. The van der Waals surface area contributed by atoms with Crippen molar-refractivity contribution in [3.63, 3.8) is 0 Å². The lowest BCUT2D eigenvalue weighted by Crippen LogP contribution is -2.41. The number of nitrogens with zero attached hydrogens (tertiary/aromatic N) is 2. The van der Waals surface area contributed by atoms with Gasteiger partial charge in [0.1, 0.15) is 0 Å². The Balaban J connectivity index is 2.94. The number of rotatable bonds is 2. The second kappa shape index (κ2) is 4.70. The highest BCUT2D eigenvalue weighted by atomic mass is 79.9. The van der Waals surface area contributed by atoms with Gasteiger partial charge in [-0.25, -0.2) is 4.79 Å². The summed E-state index contributed by atoms with van der Waals surface area (Å²) in [5, 5.41) is 9.81. The van der Waals surface area contributed by atoms with E-state index < -0.39 is 11.8 Å². The molecule has 0 radical (unpaired) electrons. The number of hydrogen-bond donors (Lipinski definition) is 1. The highest BCUT2D eigenvalue weighted by molar-refractivity contribution is 9.10. The Hall–Kier alpha value is -1.40. The van der Waals surface area contributed by atoms with Crippen molar-refractivity contribution in [3.8, 4) is 0 Å². The SMILES string of the molecule is CC(O)Cn1c(=O)c2c(Br)cccc2n(C)c1=O. The van der Waals surface area contributed by atoms with E-state index in [1.54, 1.807) is 25.2 Å². The lowest BCUT2D eigenvalue weighted by atomic mass is 10.2. The number of benzene rings is 1. The van der Waals surface area contributed by atoms with Crippen molar-refractivity contribution in [2.24, 2.45) is 7.05 Å². The van der Waals surface area contributed by atoms with E-state index in [0.717, 1.165) is 4.57 Å². The maximum absolute atomic E-state index is 12.3. The topological polar surface area (TPSA) is 64.2 Å². The minimum absolute atomic E-state index is 0.0111. The lowest BCUT2D eigenvalue weighted by Gasteiger charge is -2.12. The van der Waals surface area contributed by atoms with Gasteiger partial charge in [0.15, 0.2) is 0 Å². The first kappa shape index (κ1) is 13.0. The van der Waals surface area contributed by atoms with E-state index in [1.807, 2.05) is 0 Å². The van der Waals surface area contributed by atoms with Crippen molar-refractivity contribution in [2.75, 3.05) is 0 Å². The summed E-state index contributed by atoms with van der Waals surface area (Å²) in [5.41, 5.74) is -0.241. The van der Waals surface area contributed by atoms with Gasteiger partial charge in [-0.1, -0.05) is 6.07 Å². The van der Waals surface area contributed by atoms with Crippen LogP contribution in [-0.2, 0) is 13.6 Å². The number of aliphatic hydroxyl groups excluding tert-OH is 1. The normalized spacial score (nSPS) is 12.9. The Morgan fingerprint density at radius 2 is 2.06 bits per heavy atom. The van der Waals surface area contributed by atoms with Crippen LogP contribution in [0.2, 0.25) is 0 Å². The molecule has 1 aromatic heterocycles. The van der Waals surface area contributed by atoms with Gasteiger partial charge in [0.25, 0.3) is 5.56 Å². The second-order valence-corrected chi connectivity index (χ2v) is 5.09. The molecule has 0 bridgehead atoms. The number of aromatic nitrogens is 2. The van der Waals surface area contributed by atoms with Gasteiger partial charge in [0.05, 0.1) is 23.6 Å². The molecule has 1 N–H and O–H groups in total. The summed E-state index contributed by atoms with van der Waals surface area (Å²) in [6.45, 7) is 1.53. The second-order valence-electron chi connectivity index (χ2n) is 4.24. The molecular formula is C12H13BrN2O3. The highest BCUT2D eigenvalue weighted by Crippen LogP contribution is 2.18. The van der Waals surface area contributed by atoms with Crippen LogP contribution < -0.4 is 11.2 Å². The van der Waals surface area contributed by atoms with E-state index in [-0.39, 0.29) is 12.1 Å². The van der Waals surface area contributed by atoms with Crippen LogP contribution in [0.1, 0.15) is 6.92 Å². The van der Waals surface area contributed by atoms with Crippen molar-refractivity contribution in [1.29, 1.82) is 0 Å². The maximum atomic E-state index is 12.3. The Labute approximate surface area is 111 Å². The van der Waals surface area contributed by atoms with Crippen LogP contribution in [0.4, 0.5) is 0 Å². The quantitative estimate of drug-likeness (QED) is 0.894. The maximum Gasteiger partial charge on any atom is 0.331 e. The van der Waals surface area contributed by atoms with Crippen LogP contribution in [0.3, 0.4) is 0 Å². The van der Waals surface area contributed by atoms with Crippen LogP contribution in [0.5, 0.6) is 0 Å². The molecule has 5 nitrogen and oxygen atoms in total. The van der Waals surface area contributed by atoms with Crippen LogP contribution in [-0.4, -0.2) is 20.3 Å². The third kappa shape index (κ3) is 2.02. The van der Waals surface area contributed by atoms with Crippen molar-refractivity contribution in [1.82, 2.24) is 9.13 Å². The van der Waals surface area contributed by atoms with Crippen molar-refractivity contribution in [3.05, 3.63) is 43.5 Å². The molecule has 1 aromatic carbocycles. The summed E-state index contributed by atoms with van der Waals surface area (Å²) in [7, 11) is 1.61. The molecule has 96 valence electrons. The third-order valence-corrected chi connectivity index (χ3v) is 3.44. The number of aliphatic hydroxyl groups is 1. The van der Waals surface area contributed by atoms with Crippen LogP contribution in [0, 0.1) is 0 Å². The summed E-state index contributed by atoms with van der Waals surface area (Å²) in [4.78, 5) is 24.3. The molecule has 0 saturated heterocycles. The van der Waals surface area contributed by atoms with Gasteiger partial charge in [-0.15, -0.1) is 0 Å². The minimum Gasteiger partial charge on any atom is -0.392 e. The highest BCUT2D eigenvalue weighted by Gasteiger charge is 2.14. The van der Waals surface area contributed by atoms with Crippen molar-refractivity contribution in [2.45, 2.75) is 19.6 Å². The van der Waals surface area contributed by atoms with E-state index in [9.17, 15) is 14.7 Å². The largest absolute Gasteiger partial charge is 0.392 e. The lowest BCUT2D eigenvalue weighted by molar-refractivity contribution is 0.170. The number of fused-ring (bicyclic) bond motifs is 1. The van der Waals surface area contributed by atoms with Gasteiger partial charge in [-0.05, 0) is 35.0 Å². The summed E-state index contributed by atoms with van der Waals surface area (Å²) in [6.07, 6.45) is -0.754. The average Bonchev–Trinajstić information content (AvgIpc) is 2.31. The molecule has 1 unspecified atom stereocenters. The molecule has 0 saturated carbocycles. The van der Waals surface area contributed by atoms with E-state index in [2.05, 4.69) is 15.9 Å². The average molecular weight is 313 g/mol. The van der Waals surface area contributed by atoms with Gasteiger partial charge in [0, 0.05) is 11.5 Å². The first-order valence-electron chi connectivity index (χ1n) is 5.49. The predicted octanol–water partition coefficient (Wildman–Crippen LogP) is 0.843. The van der Waals surface area contributed by atoms with Gasteiger partial charge < -0.3 is 5.11 Å². The van der Waals surface area contributed by atoms with Gasteiger partial charge in [0.2, 0.25) is 0 Å². The fraction of sp³-hybridized carbons (Fsp3) is 0.333. The van der Waals surface area contributed by atoms with E-state index in [1.165, 1.54) is 11.5 Å². The van der Waals surface area contributed by atoms with E-state index in [4.69, 9.17) is 0 Å². The Morgan fingerprint density at radius 3 is 2.67 bits per heavy atom. The summed E-state index contributed by atoms with van der Waals surface area (Å²) < 4.78 is 3.10. The van der Waals surface area contributed by atoms with Crippen LogP contribution in [0.15, 0.2) is 32.3 Å². The number of hydrogen-bond acceptors (Lipinski definition) is 3. The zero-order chi connectivity index (χ0) is 13.4. The van der Waals surface area contributed by atoms with Gasteiger partial charge in [-0.2, -0.15) is 0 Å². The third-order valence-electron chi connectivity index (χ3n) is 2.78. The zero-order valence-electron chi connectivity index (χ0n) is 10.1. The molecule has 0 fully saturated rings. The molecule has 0 spiro atoms. The fourth-order valence-electron chi connectivity index (χ4n) is 1.94. The first-order valence-corrected chi connectivity index (χ1v) is 6.29. The fourth-order valence-corrected chi connectivity index (χ4v) is 2.46. The molecular weight excluding hydrogens is 300 g/mol. The monoisotopic (exact) mass is 312 g/mol. The molecule has 18 heavy (non-hydrogen) atoms. The predicted molar refractivity (Wildman–Crippen MR) is 72.8 cm³/mol. The Morgan fingerprint density at radius 1 is 1.39 bits per heavy atom. The molecule has 1 atom stereocenters. The standard InChI is InChI=1S/C12H13BrN2O3/c1-7(16)6-15-11(17)10-8(13)4-3-5-9(10)14(2)12(15)18/h3-5,7,16H,6H2,1-2H3. The Kier molecular flexibility index (Phi) is 3.41. The summed E-state index contributed by atoms with van der Waals surface area (Å²) >= 11 is 3.32. The van der Waals surface area contributed by atoms with E-state index >= 15 is 0 Å². The van der Waals surface area contributed by atoms with Crippen LogP contribution >= 0.6 is 15.9 Å². The molecule has 0 aliphatic heterocycles. The molecule has 0 aliphatic carbocycles. The van der Waals surface area contributed by atoms with Gasteiger partial charge >= 0.3 is 5.69 Å².